The minimum atomic E-state index is 0.562. The first kappa shape index (κ1) is 7.55. The average Bonchev–Trinajstić information content (AvgIpc) is 2.49. The molecule has 0 aliphatic carbocycles. The Kier molecular flexibility index (Phi) is 1.73. The highest BCUT2D eigenvalue weighted by molar-refractivity contribution is 6.34. The molecule has 0 aromatic carbocycles. The zero-order chi connectivity index (χ0) is 8.55. The molecule has 0 fully saturated rings. The van der Waals surface area contributed by atoms with Crippen molar-refractivity contribution in [2.24, 2.45) is 0 Å². The number of aromatic nitrogens is 2. The van der Waals surface area contributed by atoms with Crippen LogP contribution in [0, 0.1) is 0 Å². The minimum Gasteiger partial charge on any atom is -0.437 e. The molecule has 62 valence electrons. The molecule has 0 spiro atoms. The van der Waals surface area contributed by atoms with E-state index in [0.717, 1.165) is 6.42 Å². The molecule has 2 rings (SSSR count). The molecule has 0 amide bonds. The first-order valence-electron chi connectivity index (χ1n) is 3.71. The van der Waals surface area contributed by atoms with Crippen molar-refractivity contribution in [3.8, 4) is 0 Å². The van der Waals surface area contributed by atoms with E-state index in [1.807, 2.05) is 6.92 Å². The molecule has 2 aromatic rings. The van der Waals surface area contributed by atoms with Crippen molar-refractivity contribution in [1.82, 2.24) is 9.97 Å². The van der Waals surface area contributed by atoms with Gasteiger partial charge >= 0.3 is 0 Å². The van der Waals surface area contributed by atoms with Crippen LogP contribution in [0.25, 0.3) is 11.2 Å². The normalized spacial score (nSPS) is 10.8. The molecule has 0 unspecified atom stereocenters. The SMILES string of the molecule is CCc1nc2nccc(Cl)c2o1. The highest BCUT2D eigenvalue weighted by Crippen LogP contribution is 2.21. The van der Waals surface area contributed by atoms with Gasteiger partial charge < -0.3 is 4.42 Å². The summed E-state index contributed by atoms with van der Waals surface area (Å²) in [7, 11) is 0. The number of aryl methyl sites for hydroxylation is 1. The number of halogens is 1. The zero-order valence-electron chi connectivity index (χ0n) is 6.54. The van der Waals surface area contributed by atoms with E-state index >= 15 is 0 Å². The Morgan fingerprint density at radius 1 is 1.58 bits per heavy atom. The summed E-state index contributed by atoms with van der Waals surface area (Å²) in [5.74, 6) is 0.672. The first-order valence-corrected chi connectivity index (χ1v) is 4.09. The summed E-state index contributed by atoms with van der Waals surface area (Å²) >= 11 is 5.85. The summed E-state index contributed by atoms with van der Waals surface area (Å²) in [4.78, 5) is 8.15. The van der Waals surface area contributed by atoms with Gasteiger partial charge in [0.1, 0.15) is 0 Å². The first-order chi connectivity index (χ1) is 5.81. The summed E-state index contributed by atoms with van der Waals surface area (Å²) in [5.41, 5.74) is 1.16. The minimum absolute atomic E-state index is 0.562. The maximum absolute atomic E-state index is 5.85. The van der Waals surface area contributed by atoms with Gasteiger partial charge in [-0.1, -0.05) is 18.5 Å². The summed E-state index contributed by atoms with van der Waals surface area (Å²) in [6.07, 6.45) is 2.37. The number of pyridine rings is 1. The Bertz CT molecular complexity index is 410. The summed E-state index contributed by atoms with van der Waals surface area (Å²) < 4.78 is 5.34. The lowest BCUT2D eigenvalue weighted by Gasteiger charge is -1.86. The molecule has 3 nitrogen and oxygen atoms in total. The van der Waals surface area contributed by atoms with Crippen LogP contribution in [0.15, 0.2) is 16.7 Å². The van der Waals surface area contributed by atoms with Crippen molar-refractivity contribution < 1.29 is 4.42 Å². The van der Waals surface area contributed by atoms with Gasteiger partial charge in [0.15, 0.2) is 17.1 Å². The predicted molar refractivity (Wildman–Crippen MR) is 46.2 cm³/mol. The second kappa shape index (κ2) is 2.75. The Morgan fingerprint density at radius 2 is 2.42 bits per heavy atom. The van der Waals surface area contributed by atoms with E-state index in [0.29, 0.717) is 22.1 Å². The number of nitrogens with zero attached hydrogens (tertiary/aromatic N) is 2. The molecule has 0 saturated carbocycles. The number of oxazole rings is 1. The van der Waals surface area contributed by atoms with Gasteiger partial charge in [0, 0.05) is 12.6 Å². The summed E-state index contributed by atoms with van der Waals surface area (Å²) in [6.45, 7) is 1.97. The summed E-state index contributed by atoms with van der Waals surface area (Å²) in [6, 6.07) is 1.69. The fourth-order valence-corrected chi connectivity index (χ4v) is 1.18. The van der Waals surface area contributed by atoms with Crippen LogP contribution in [-0.2, 0) is 6.42 Å². The smallest absolute Gasteiger partial charge is 0.200 e. The molecule has 2 aromatic heterocycles. The van der Waals surface area contributed by atoms with Crippen LogP contribution in [0.3, 0.4) is 0 Å². The van der Waals surface area contributed by atoms with Crippen molar-refractivity contribution in [2.45, 2.75) is 13.3 Å². The lowest BCUT2D eigenvalue weighted by atomic mass is 10.5. The van der Waals surface area contributed by atoms with Crippen LogP contribution in [-0.4, -0.2) is 9.97 Å². The lowest BCUT2D eigenvalue weighted by Crippen LogP contribution is -1.77. The van der Waals surface area contributed by atoms with Crippen LogP contribution in [0.5, 0.6) is 0 Å². The predicted octanol–water partition coefficient (Wildman–Crippen LogP) is 2.44. The van der Waals surface area contributed by atoms with Crippen LogP contribution >= 0.6 is 11.6 Å². The highest BCUT2D eigenvalue weighted by atomic mass is 35.5. The Labute approximate surface area is 74.4 Å². The topological polar surface area (TPSA) is 38.9 Å². The Morgan fingerprint density at radius 3 is 3.08 bits per heavy atom. The number of rotatable bonds is 1. The highest BCUT2D eigenvalue weighted by Gasteiger charge is 2.07. The molecule has 4 heteroatoms. The van der Waals surface area contributed by atoms with Crippen molar-refractivity contribution in [1.29, 1.82) is 0 Å². The third-order valence-corrected chi connectivity index (χ3v) is 1.89. The molecular weight excluding hydrogens is 176 g/mol. The largest absolute Gasteiger partial charge is 0.437 e. The molecule has 0 atom stereocenters. The van der Waals surface area contributed by atoms with Gasteiger partial charge in [-0.3, -0.25) is 0 Å². The van der Waals surface area contributed by atoms with Gasteiger partial charge in [-0.25, -0.2) is 4.98 Å². The van der Waals surface area contributed by atoms with E-state index in [4.69, 9.17) is 16.0 Å². The third kappa shape index (κ3) is 1.06. The van der Waals surface area contributed by atoms with Crippen molar-refractivity contribution in [2.75, 3.05) is 0 Å². The Hall–Kier alpha value is -1.09. The van der Waals surface area contributed by atoms with E-state index in [1.165, 1.54) is 0 Å². The molecule has 12 heavy (non-hydrogen) atoms. The fourth-order valence-electron chi connectivity index (χ4n) is 0.998. The van der Waals surface area contributed by atoms with E-state index in [-0.39, 0.29) is 0 Å². The quantitative estimate of drug-likeness (QED) is 0.680. The van der Waals surface area contributed by atoms with Crippen LogP contribution in [0.1, 0.15) is 12.8 Å². The molecule has 0 aliphatic heterocycles. The van der Waals surface area contributed by atoms with Crippen LogP contribution in [0.4, 0.5) is 0 Å². The molecule has 0 bridgehead atoms. The van der Waals surface area contributed by atoms with Crippen LogP contribution in [0.2, 0.25) is 5.02 Å². The monoisotopic (exact) mass is 182 g/mol. The zero-order valence-corrected chi connectivity index (χ0v) is 7.30. The van der Waals surface area contributed by atoms with E-state index in [9.17, 15) is 0 Å². The maximum atomic E-state index is 5.85. The summed E-state index contributed by atoms with van der Waals surface area (Å²) in [5, 5.41) is 0.562. The second-order valence-corrected chi connectivity index (χ2v) is 2.81. The third-order valence-electron chi connectivity index (χ3n) is 1.59. The molecule has 0 radical (unpaired) electrons. The van der Waals surface area contributed by atoms with E-state index < -0.39 is 0 Å². The van der Waals surface area contributed by atoms with Gasteiger partial charge in [0.25, 0.3) is 0 Å². The van der Waals surface area contributed by atoms with Gasteiger partial charge in [-0.05, 0) is 6.07 Å². The van der Waals surface area contributed by atoms with Gasteiger partial charge in [-0.15, -0.1) is 0 Å². The molecule has 0 saturated heterocycles. The fraction of sp³-hybridized carbons (Fsp3) is 0.250. The van der Waals surface area contributed by atoms with Gasteiger partial charge in [-0.2, -0.15) is 4.98 Å². The molecule has 0 N–H and O–H groups in total. The molecular formula is C8H7ClN2O. The lowest BCUT2D eigenvalue weighted by molar-refractivity contribution is 0.538. The Balaban J connectivity index is 2.74. The number of hydrogen-bond acceptors (Lipinski definition) is 3. The maximum Gasteiger partial charge on any atom is 0.200 e. The van der Waals surface area contributed by atoms with E-state index in [2.05, 4.69) is 9.97 Å². The molecule has 2 heterocycles. The van der Waals surface area contributed by atoms with Crippen molar-refractivity contribution in [3.63, 3.8) is 0 Å². The average molecular weight is 183 g/mol. The van der Waals surface area contributed by atoms with Gasteiger partial charge in [0.05, 0.1) is 5.02 Å². The van der Waals surface area contributed by atoms with Crippen molar-refractivity contribution >= 4 is 22.8 Å². The van der Waals surface area contributed by atoms with Crippen molar-refractivity contribution in [3.05, 3.63) is 23.2 Å². The standard InChI is InChI=1S/C8H7ClN2O/c1-2-6-11-8-7(12-6)5(9)3-4-10-8/h3-4H,2H2,1H3. The number of hydrogen-bond donors (Lipinski definition) is 0. The number of fused-ring (bicyclic) bond motifs is 1. The second-order valence-electron chi connectivity index (χ2n) is 2.41. The molecule has 0 aliphatic rings. The van der Waals surface area contributed by atoms with E-state index in [1.54, 1.807) is 12.3 Å². The van der Waals surface area contributed by atoms with Crippen LogP contribution < -0.4 is 0 Å². The van der Waals surface area contributed by atoms with Gasteiger partial charge in [0.2, 0.25) is 0 Å².